The van der Waals surface area contributed by atoms with Crippen LogP contribution in [0.25, 0.3) is 0 Å². The van der Waals surface area contributed by atoms with Crippen molar-refractivity contribution >= 4 is 10.0 Å². The van der Waals surface area contributed by atoms with Crippen LogP contribution in [0.5, 0.6) is 0 Å². The van der Waals surface area contributed by atoms with Gasteiger partial charge in [0.2, 0.25) is 0 Å². The molecule has 0 aliphatic rings. The molecule has 0 spiro atoms. The van der Waals surface area contributed by atoms with Crippen molar-refractivity contribution in [2.75, 3.05) is 19.8 Å². The zero-order valence-electron chi connectivity index (χ0n) is 11.6. The molecule has 0 aromatic carbocycles. The second kappa shape index (κ2) is 7.59. The lowest BCUT2D eigenvalue weighted by atomic mass is 10.3. The Kier molecular flexibility index (Phi) is 6.43. The van der Waals surface area contributed by atoms with E-state index in [4.69, 9.17) is 4.74 Å². The summed E-state index contributed by atoms with van der Waals surface area (Å²) in [4.78, 5) is 0. The molecule has 1 aromatic heterocycles. The molecule has 1 heterocycles. The lowest BCUT2D eigenvalue weighted by molar-refractivity contribution is 0.133. The minimum Gasteiger partial charge on any atom is -0.380 e. The maximum Gasteiger partial charge on any atom is 0.258 e. The Labute approximate surface area is 114 Å². The van der Waals surface area contributed by atoms with E-state index in [1.807, 2.05) is 13.8 Å². The molecule has 0 saturated carbocycles. The van der Waals surface area contributed by atoms with Crippen LogP contribution in [0.15, 0.2) is 11.2 Å². The summed E-state index contributed by atoms with van der Waals surface area (Å²) < 4.78 is 32.1. The summed E-state index contributed by atoms with van der Waals surface area (Å²) in [6.45, 7) is 7.70. The van der Waals surface area contributed by atoms with Crippen LogP contribution < -0.4 is 10.0 Å². The van der Waals surface area contributed by atoms with Gasteiger partial charge in [0.05, 0.1) is 12.8 Å². The lowest BCUT2D eigenvalue weighted by Gasteiger charge is -2.14. The van der Waals surface area contributed by atoms with E-state index in [1.165, 1.54) is 6.20 Å². The Bertz CT molecular complexity index is 472. The quantitative estimate of drug-likeness (QED) is 0.605. The summed E-state index contributed by atoms with van der Waals surface area (Å²) in [5.41, 5.74) is 0.623. The first-order valence-corrected chi connectivity index (χ1v) is 7.82. The Balaban J connectivity index is 2.74. The second-order valence-corrected chi connectivity index (χ2v) is 5.84. The summed E-state index contributed by atoms with van der Waals surface area (Å²) in [7, 11) is -3.60. The van der Waals surface area contributed by atoms with E-state index < -0.39 is 10.0 Å². The summed E-state index contributed by atoms with van der Waals surface area (Å²) in [5, 5.41) is 9.51. The largest absolute Gasteiger partial charge is 0.380 e. The van der Waals surface area contributed by atoms with Gasteiger partial charge in [-0.1, -0.05) is 6.92 Å². The van der Waals surface area contributed by atoms with E-state index in [9.17, 15) is 8.42 Å². The van der Waals surface area contributed by atoms with Gasteiger partial charge in [-0.3, -0.25) is 5.10 Å². The first-order chi connectivity index (χ1) is 9.01. The average molecular weight is 290 g/mol. The number of rotatable bonds is 9. The third-order valence-electron chi connectivity index (χ3n) is 2.44. The van der Waals surface area contributed by atoms with E-state index in [-0.39, 0.29) is 11.1 Å². The molecule has 0 aliphatic carbocycles. The summed E-state index contributed by atoms with van der Waals surface area (Å²) in [6, 6.07) is -0.291. The molecule has 1 atom stereocenters. The third kappa shape index (κ3) is 4.90. The number of nitrogens with zero attached hydrogens (tertiary/aromatic N) is 1. The van der Waals surface area contributed by atoms with Crippen molar-refractivity contribution in [3.8, 4) is 0 Å². The number of nitrogens with one attached hydrogen (secondary N) is 3. The first-order valence-electron chi connectivity index (χ1n) is 6.34. The van der Waals surface area contributed by atoms with Crippen molar-refractivity contribution in [2.45, 2.75) is 38.4 Å². The molecule has 0 amide bonds. The number of aromatic nitrogens is 2. The van der Waals surface area contributed by atoms with Gasteiger partial charge in [0.1, 0.15) is 0 Å². The highest BCUT2D eigenvalue weighted by Gasteiger charge is 2.22. The predicted octanol–water partition coefficient (Wildman–Crippen LogP) is 0.223. The molecule has 19 heavy (non-hydrogen) atoms. The molecule has 0 aliphatic heterocycles. The maximum absolute atomic E-state index is 12.2. The van der Waals surface area contributed by atoms with E-state index >= 15 is 0 Å². The van der Waals surface area contributed by atoms with Crippen molar-refractivity contribution in [2.24, 2.45) is 0 Å². The maximum atomic E-state index is 12.2. The summed E-state index contributed by atoms with van der Waals surface area (Å²) in [6.07, 6.45) is 1.52. The Morgan fingerprint density at radius 2 is 2.21 bits per heavy atom. The van der Waals surface area contributed by atoms with Crippen molar-refractivity contribution < 1.29 is 13.2 Å². The van der Waals surface area contributed by atoms with Crippen LogP contribution in [-0.4, -0.2) is 44.4 Å². The molecule has 110 valence electrons. The van der Waals surface area contributed by atoms with Crippen LogP contribution in [0, 0.1) is 0 Å². The van der Waals surface area contributed by atoms with Crippen molar-refractivity contribution in [1.29, 1.82) is 0 Å². The highest BCUT2D eigenvalue weighted by Crippen LogP contribution is 2.12. The van der Waals surface area contributed by atoms with Crippen LogP contribution in [-0.2, 0) is 21.3 Å². The smallest absolute Gasteiger partial charge is 0.258 e. The number of ether oxygens (including phenoxy) is 1. The number of aromatic amines is 1. The van der Waals surface area contributed by atoms with Gasteiger partial charge in [0.25, 0.3) is 10.0 Å². The van der Waals surface area contributed by atoms with E-state index in [0.29, 0.717) is 25.3 Å². The average Bonchev–Trinajstić information content (AvgIpc) is 2.82. The summed E-state index contributed by atoms with van der Waals surface area (Å²) >= 11 is 0. The molecular formula is C11H22N4O3S. The van der Waals surface area contributed by atoms with E-state index in [1.54, 1.807) is 6.92 Å². The molecule has 0 radical (unpaired) electrons. The number of H-pyrrole nitrogens is 1. The monoisotopic (exact) mass is 290 g/mol. The molecule has 0 bridgehead atoms. The van der Waals surface area contributed by atoms with Crippen LogP contribution in [0.2, 0.25) is 0 Å². The first kappa shape index (κ1) is 16.1. The molecule has 3 N–H and O–H groups in total. The molecule has 7 nitrogen and oxygen atoms in total. The van der Waals surface area contributed by atoms with Gasteiger partial charge in [-0.25, -0.2) is 13.1 Å². The van der Waals surface area contributed by atoms with Gasteiger partial charge in [0, 0.05) is 24.8 Å². The van der Waals surface area contributed by atoms with Crippen molar-refractivity contribution in [3.63, 3.8) is 0 Å². The van der Waals surface area contributed by atoms with Gasteiger partial charge >= 0.3 is 0 Å². The van der Waals surface area contributed by atoms with Crippen LogP contribution in [0.4, 0.5) is 0 Å². The molecular weight excluding hydrogens is 268 g/mol. The molecule has 1 rings (SSSR count). The van der Waals surface area contributed by atoms with Gasteiger partial charge in [-0.05, 0) is 20.4 Å². The van der Waals surface area contributed by atoms with E-state index in [0.717, 1.165) is 6.54 Å². The SMILES string of the molecule is CCNCc1cn[nH]c1S(=O)(=O)NC(C)COCC. The van der Waals surface area contributed by atoms with Gasteiger partial charge in [0.15, 0.2) is 5.03 Å². The molecule has 1 aromatic rings. The third-order valence-corrected chi connectivity index (χ3v) is 4.04. The van der Waals surface area contributed by atoms with Gasteiger partial charge in [-0.15, -0.1) is 0 Å². The summed E-state index contributed by atoms with van der Waals surface area (Å²) in [5.74, 6) is 0. The van der Waals surface area contributed by atoms with Crippen LogP contribution in [0.3, 0.4) is 0 Å². The Hall–Kier alpha value is -0.960. The van der Waals surface area contributed by atoms with Crippen LogP contribution in [0.1, 0.15) is 26.3 Å². The zero-order chi connectivity index (χ0) is 14.3. The highest BCUT2D eigenvalue weighted by molar-refractivity contribution is 7.89. The Morgan fingerprint density at radius 1 is 1.47 bits per heavy atom. The molecule has 0 fully saturated rings. The number of hydrogen-bond donors (Lipinski definition) is 3. The molecule has 1 unspecified atom stereocenters. The van der Waals surface area contributed by atoms with E-state index in [2.05, 4.69) is 20.2 Å². The zero-order valence-corrected chi connectivity index (χ0v) is 12.4. The lowest BCUT2D eigenvalue weighted by Crippen LogP contribution is -2.36. The van der Waals surface area contributed by atoms with Gasteiger partial charge < -0.3 is 10.1 Å². The highest BCUT2D eigenvalue weighted by atomic mass is 32.2. The fourth-order valence-electron chi connectivity index (χ4n) is 1.57. The fourth-order valence-corrected chi connectivity index (χ4v) is 2.93. The normalized spacial score (nSPS) is 13.6. The topological polar surface area (TPSA) is 96.1 Å². The second-order valence-electron chi connectivity index (χ2n) is 4.19. The minimum atomic E-state index is -3.60. The van der Waals surface area contributed by atoms with Crippen LogP contribution >= 0.6 is 0 Å². The van der Waals surface area contributed by atoms with Crippen molar-refractivity contribution in [1.82, 2.24) is 20.2 Å². The minimum absolute atomic E-state index is 0.108. The Morgan fingerprint density at radius 3 is 2.84 bits per heavy atom. The number of hydrogen-bond acceptors (Lipinski definition) is 5. The predicted molar refractivity (Wildman–Crippen MR) is 72.2 cm³/mol. The fraction of sp³-hybridized carbons (Fsp3) is 0.727. The molecule has 0 saturated heterocycles. The number of sulfonamides is 1. The standard InChI is InChI=1S/C11H22N4O3S/c1-4-12-6-10-7-13-14-11(10)19(16,17)15-9(3)8-18-5-2/h7,9,12,15H,4-6,8H2,1-3H3,(H,13,14). The molecule has 8 heteroatoms. The van der Waals surface area contributed by atoms with Crippen molar-refractivity contribution in [3.05, 3.63) is 11.8 Å². The van der Waals surface area contributed by atoms with Gasteiger partial charge in [-0.2, -0.15) is 5.10 Å².